The average Bonchev–Trinajstić information content (AvgIpc) is 3.30. The van der Waals surface area contributed by atoms with Crippen LogP contribution in [0.2, 0.25) is 0 Å². The maximum absolute atomic E-state index is 14.2. The van der Waals surface area contributed by atoms with E-state index < -0.39 is 12.0 Å². The van der Waals surface area contributed by atoms with Gasteiger partial charge in [-0.15, -0.1) is 0 Å². The van der Waals surface area contributed by atoms with Crippen molar-refractivity contribution in [3.8, 4) is 5.82 Å². The number of fused-ring (bicyclic) bond motifs is 1. The molecule has 3 aromatic rings. The zero-order chi connectivity index (χ0) is 28.4. The van der Waals surface area contributed by atoms with Crippen LogP contribution in [0.3, 0.4) is 0 Å². The molecule has 3 heterocycles. The van der Waals surface area contributed by atoms with Gasteiger partial charge in [0, 0.05) is 31.7 Å². The van der Waals surface area contributed by atoms with Crippen molar-refractivity contribution in [3.63, 3.8) is 0 Å². The van der Waals surface area contributed by atoms with Crippen molar-refractivity contribution in [3.05, 3.63) is 35.7 Å². The Morgan fingerprint density at radius 3 is 2.55 bits per heavy atom. The Hall–Kier alpha value is -2.89. The number of alkyl halides is 2. The molecule has 1 saturated heterocycles. The molecule has 5 rings (SSSR count). The third-order valence-electron chi connectivity index (χ3n) is 7.84. The van der Waals surface area contributed by atoms with Crippen LogP contribution in [0, 0.1) is 12.8 Å². The zero-order valence-electron chi connectivity index (χ0n) is 23.8. The Morgan fingerprint density at radius 2 is 1.85 bits per heavy atom. The Balaban J connectivity index is 1.41. The number of hydrogen-bond donors (Lipinski definition) is 3. The summed E-state index contributed by atoms with van der Waals surface area (Å²) in [6.45, 7) is 10.7. The number of ether oxygens (including phenoxy) is 1. The topological polar surface area (TPSA) is 100 Å². The number of aryl methyl sites for hydroxylation is 1. The van der Waals surface area contributed by atoms with Gasteiger partial charge in [-0.05, 0) is 77.0 Å². The molecule has 1 aromatic carbocycles. The van der Waals surface area contributed by atoms with Crippen molar-refractivity contribution < 1.29 is 18.6 Å². The average molecular weight is 558 g/mol. The lowest BCUT2D eigenvalue weighted by Gasteiger charge is -2.34. The third-order valence-corrected chi connectivity index (χ3v) is 7.84. The van der Waals surface area contributed by atoms with Gasteiger partial charge in [-0.2, -0.15) is 9.97 Å². The Kier molecular flexibility index (Phi) is 8.53. The Morgan fingerprint density at radius 1 is 1.10 bits per heavy atom. The van der Waals surface area contributed by atoms with Crippen molar-refractivity contribution in [2.24, 2.45) is 5.92 Å². The molecule has 1 saturated carbocycles. The highest BCUT2D eigenvalue weighted by Crippen LogP contribution is 2.31. The highest BCUT2D eigenvalue weighted by atomic mass is 19.3. The first kappa shape index (κ1) is 28.6. The minimum absolute atomic E-state index is 0.0902. The first-order chi connectivity index (χ1) is 19.1. The second kappa shape index (κ2) is 11.9. The third kappa shape index (κ3) is 6.70. The van der Waals surface area contributed by atoms with Crippen molar-refractivity contribution in [2.45, 2.75) is 77.5 Å². The molecule has 0 spiro atoms. The van der Waals surface area contributed by atoms with Gasteiger partial charge in [0.25, 0.3) is 6.43 Å². The largest absolute Gasteiger partial charge is 0.389 e. The fraction of sp³-hybridized carbons (Fsp3) is 0.621. The molecule has 40 heavy (non-hydrogen) atoms. The quantitative estimate of drug-likeness (QED) is 0.351. The Labute approximate surface area is 234 Å². The molecule has 1 aliphatic carbocycles. The fourth-order valence-electron chi connectivity index (χ4n) is 5.62. The van der Waals surface area contributed by atoms with Crippen molar-refractivity contribution in [2.75, 3.05) is 43.1 Å². The normalized spacial score (nSPS) is 22.3. The van der Waals surface area contributed by atoms with Gasteiger partial charge >= 0.3 is 0 Å². The number of aliphatic hydroxyl groups is 1. The summed E-state index contributed by atoms with van der Waals surface area (Å²) in [5.41, 5.74) is 1.33. The molecular weight excluding hydrogens is 516 g/mol. The number of nitrogens with zero attached hydrogens (tertiary/aromatic N) is 5. The smallest absolute Gasteiger partial charge is 0.296 e. The number of imidazole rings is 1. The number of morpholine rings is 1. The van der Waals surface area contributed by atoms with E-state index in [1.54, 1.807) is 12.1 Å². The van der Waals surface area contributed by atoms with Crippen LogP contribution in [0.15, 0.2) is 24.3 Å². The van der Waals surface area contributed by atoms with Crippen LogP contribution in [-0.2, 0) is 4.74 Å². The molecule has 218 valence electrons. The number of benzene rings is 1. The van der Waals surface area contributed by atoms with E-state index >= 15 is 0 Å². The first-order valence-electron chi connectivity index (χ1n) is 14.3. The lowest BCUT2D eigenvalue weighted by Crippen LogP contribution is -2.44. The molecule has 1 atom stereocenters. The van der Waals surface area contributed by atoms with Crippen molar-refractivity contribution >= 4 is 22.8 Å². The lowest BCUT2D eigenvalue weighted by molar-refractivity contribution is 0.0736. The van der Waals surface area contributed by atoms with Crippen LogP contribution in [0.25, 0.3) is 16.9 Å². The van der Waals surface area contributed by atoms with Crippen LogP contribution >= 0.6 is 0 Å². The lowest BCUT2D eigenvalue weighted by atomic mass is 9.86. The van der Waals surface area contributed by atoms with Gasteiger partial charge in [0.1, 0.15) is 11.6 Å². The number of rotatable bonds is 9. The highest BCUT2D eigenvalue weighted by Gasteiger charge is 2.27. The molecule has 3 N–H and O–H groups in total. The first-order valence-corrected chi connectivity index (χ1v) is 14.3. The van der Waals surface area contributed by atoms with E-state index in [2.05, 4.69) is 27.4 Å². The SMILES string of the molecule is Cc1ccc2nc(C(F)F)n(-c3cc(N4CCOC[C@@H]4C)nc(NC[C@H]4CC[C@H](NCC(C)(C)O)CC4)n3)c2c1. The molecule has 9 nitrogen and oxygen atoms in total. The van der Waals surface area contributed by atoms with E-state index in [-0.39, 0.29) is 11.9 Å². The van der Waals surface area contributed by atoms with Crippen LogP contribution in [-0.4, -0.2) is 75.2 Å². The van der Waals surface area contributed by atoms with Crippen LogP contribution in [0.5, 0.6) is 0 Å². The van der Waals surface area contributed by atoms with Crippen LogP contribution in [0.4, 0.5) is 20.5 Å². The van der Waals surface area contributed by atoms with E-state index in [0.717, 1.165) is 31.2 Å². The molecule has 11 heteroatoms. The number of halogens is 2. The summed E-state index contributed by atoms with van der Waals surface area (Å²) in [6, 6.07) is 7.78. The Bertz CT molecular complexity index is 1300. The maximum Gasteiger partial charge on any atom is 0.296 e. The summed E-state index contributed by atoms with van der Waals surface area (Å²) in [5, 5.41) is 16.9. The monoisotopic (exact) mass is 557 g/mol. The molecule has 1 aliphatic heterocycles. The number of nitrogens with one attached hydrogen (secondary N) is 2. The van der Waals surface area contributed by atoms with Gasteiger partial charge in [-0.1, -0.05) is 6.07 Å². The van der Waals surface area contributed by atoms with E-state index in [4.69, 9.17) is 14.7 Å². The maximum atomic E-state index is 14.2. The minimum Gasteiger partial charge on any atom is -0.389 e. The fourth-order valence-corrected chi connectivity index (χ4v) is 5.62. The number of anilines is 2. The van der Waals surface area contributed by atoms with Crippen molar-refractivity contribution in [1.82, 2.24) is 24.8 Å². The van der Waals surface area contributed by atoms with Crippen LogP contribution < -0.4 is 15.5 Å². The molecule has 2 fully saturated rings. The highest BCUT2D eigenvalue weighted by molar-refractivity contribution is 5.79. The number of hydrogen-bond acceptors (Lipinski definition) is 8. The summed E-state index contributed by atoms with van der Waals surface area (Å²) in [6.07, 6.45) is 1.41. The molecular formula is C29H41F2N7O2. The second-order valence-corrected chi connectivity index (χ2v) is 11.9. The van der Waals surface area contributed by atoms with E-state index in [1.165, 1.54) is 4.57 Å². The zero-order valence-corrected chi connectivity index (χ0v) is 23.8. The van der Waals surface area contributed by atoms with E-state index in [9.17, 15) is 13.9 Å². The standard InChI is InChI=1S/C29H41F2N7O2/c1-18-5-10-22-23(13-18)38(27(34-22)26(30)31)25-14-24(37-11-12-40-16-19(37)2)35-28(36-25)32-15-20-6-8-21(9-7-20)33-17-29(3,4)39/h5,10,13-14,19-21,26,33,39H,6-9,11-12,15-17H2,1-4H3,(H,32,35,36)/t19-,20-,21-/m0/s1. The van der Waals surface area contributed by atoms with Gasteiger partial charge in [-0.3, -0.25) is 4.57 Å². The van der Waals surface area contributed by atoms with Crippen molar-refractivity contribution in [1.29, 1.82) is 0 Å². The van der Waals surface area contributed by atoms with Gasteiger partial charge in [0.05, 0.1) is 35.9 Å². The van der Waals surface area contributed by atoms with E-state index in [1.807, 2.05) is 32.9 Å². The van der Waals surface area contributed by atoms with Gasteiger partial charge in [-0.25, -0.2) is 13.8 Å². The molecule has 2 aliphatic rings. The van der Waals surface area contributed by atoms with E-state index in [0.29, 0.717) is 73.4 Å². The molecule has 0 unspecified atom stereocenters. The van der Waals surface area contributed by atoms with Gasteiger partial charge in [0.15, 0.2) is 5.82 Å². The van der Waals surface area contributed by atoms with Crippen LogP contribution in [0.1, 0.15) is 64.3 Å². The summed E-state index contributed by atoms with van der Waals surface area (Å²) in [4.78, 5) is 16.0. The van der Waals surface area contributed by atoms with Gasteiger partial charge in [0.2, 0.25) is 5.95 Å². The predicted octanol–water partition coefficient (Wildman–Crippen LogP) is 4.62. The summed E-state index contributed by atoms with van der Waals surface area (Å²) < 4.78 is 35.5. The second-order valence-electron chi connectivity index (χ2n) is 11.9. The summed E-state index contributed by atoms with van der Waals surface area (Å²) >= 11 is 0. The van der Waals surface area contributed by atoms with Gasteiger partial charge < -0.3 is 25.4 Å². The molecule has 0 radical (unpaired) electrons. The molecule has 0 amide bonds. The summed E-state index contributed by atoms with van der Waals surface area (Å²) in [5.74, 6) is 1.59. The molecule has 0 bridgehead atoms. The summed E-state index contributed by atoms with van der Waals surface area (Å²) in [7, 11) is 0. The minimum atomic E-state index is -2.76. The number of aromatic nitrogens is 4. The predicted molar refractivity (Wildman–Crippen MR) is 153 cm³/mol. The molecule has 2 aromatic heterocycles.